The zero-order valence-electron chi connectivity index (χ0n) is 12.8. The van der Waals surface area contributed by atoms with Gasteiger partial charge in [0.15, 0.2) is 5.82 Å². The first-order chi connectivity index (χ1) is 9.92. The zero-order chi connectivity index (χ0) is 15.6. The van der Waals surface area contributed by atoms with E-state index in [1.165, 1.54) is 11.8 Å². The van der Waals surface area contributed by atoms with Gasteiger partial charge in [0, 0.05) is 7.05 Å². The highest BCUT2D eigenvalue weighted by Crippen LogP contribution is 2.22. The van der Waals surface area contributed by atoms with Crippen LogP contribution in [0.2, 0.25) is 0 Å². The fourth-order valence-electron chi connectivity index (χ4n) is 2.01. The van der Waals surface area contributed by atoms with Gasteiger partial charge in [-0.15, -0.1) is 11.8 Å². The number of H-pyrrole nitrogens is 1. The molecule has 2 heterocycles. The third-order valence-electron chi connectivity index (χ3n) is 2.94. The Balaban J connectivity index is 2.27. The Morgan fingerprint density at radius 3 is 2.52 bits per heavy atom. The molecule has 0 saturated heterocycles. The fourth-order valence-corrected chi connectivity index (χ4v) is 2.67. The molecule has 0 saturated carbocycles. The van der Waals surface area contributed by atoms with Crippen LogP contribution in [0.15, 0.2) is 5.03 Å². The molecule has 0 aliphatic rings. The molecule has 0 aliphatic heterocycles. The average molecular weight is 306 g/mol. The monoisotopic (exact) mass is 306 g/mol. The first-order valence-corrected chi connectivity index (χ1v) is 7.67. The van der Waals surface area contributed by atoms with Gasteiger partial charge in [-0.05, 0) is 27.0 Å². The van der Waals surface area contributed by atoms with Crippen molar-refractivity contribution in [1.82, 2.24) is 30.0 Å². The maximum absolute atomic E-state index is 12.6. The number of nitrogens with one attached hydrogen (secondary N) is 1. The van der Waals surface area contributed by atoms with Gasteiger partial charge in [-0.25, -0.2) is 15.0 Å². The highest BCUT2D eigenvalue weighted by atomic mass is 32.2. The molecule has 2 rings (SSSR count). The summed E-state index contributed by atoms with van der Waals surface area (Å²) in [5.41, 5.74) is 1.23. The second kappa shape index (κ2) is 6.21. The number of carbonyl (C=O) groups is 1. The van der Waals surface area contributed by atoms with Gasteiger partial charge in [-0.2, -0.15) is 5.10 Å². The topological polar surface area (TPSA) is 87.7 Å². The first-order valence-electron chi connectivity index (χ1n) is 6.45. The molecular formula is C13H18N6OS. The van der Waals surface area contributed by atoms with Crippen molar-refractivity contribution >= 4 is 17.7 Å². The number of hydrogen-bond donors (Lipinski definition) is 1. The Bertz CT molecular complexity index is 669. The van der Waals surface area contributed by atoms with Gasteiger partial charge in [-0.1, -0.05) is 0 Å². The van der Waals surface area contributed by atoms with Crippen LogP contribution in [0.3, 0.4) is 0 Å². The number of hydrogen-bond acceptors (Lipinski definition) is 6. The maximum atomic E-state index is 12.6. The molecule has 0 fully saturated rings. The Kier molecular flexibility index (Phi) is 4.56. The van der Waals surface area contributed by atoms with Crippen molar-refractivity contribution in [2.45, 2.75) is 32.3 Å². The fraction of sp³-hybridized carbons (Fsp3) is 0.462. The van der Waals surface area contributed by atoms with Crippen LogP contribution in [0.4, 0.5) is 0 Å². The maximum Gasteiger partial charge on any atom is 0.258 e. The summed E-state index contributed by atoms with van der Waals surface area (Å²) in [7, 11) is 1.72. The van der Waals surface area contributed by atoms with Crippen molar-refractivity contribution in [2.24, 2.45) is 0 Å². The van der Waals surface area contributed by atoms with Gasteiger partial charge in [-0.3, -0.25) is 9.89 Å². The van der Waals surface area contributed by atoms with E-state index in [0.29, 0.717) is 34.5 Å². The summed E-state index contributed by atoms with van der Waals surface area (Å²) < 4.78 is 0. The minimum absolute atomic E-state index is 0.126. The lowest BCUT2D eigenvalue weighted by atomic mass is 10.2. The molecule has 21 heavy (non-hydrogen) atoms. The summed E-state index contributed by atoms with van der Waals surface area (Å²) in [4.78, 5) is 27.0. The number of nitrogens with zero attached hydrogens (tertiary/aromatic N) is 5. The number of aryl methyl sites for hydroxylation is 3. The molecule has 2 aromatic rings. The Morgan fingerprint density at radius 2 is 1.95 bits per heavy atom. The number of rotatable bonds is 4. The number of aromatic amines is 1. The molecule has 0 aromatic carbocycles. The Hall–Kier alpha value is -1.96. The average Bonchev–Trinajstić information content (AvgIpc) is 2.82. The quantitative estimate of drug-likeness (QED) is 0.680. The summed E-state index contributed by atoms with van der Waals surface area (Å²) in [6, 6.07) is 0. The van der Waals surface area contributed by atoms with Gasteiger partial charge in [0.1, 0.15) is 16.7 Å². The SMILES string of the molecule is CSc1nc(C)nc(C)c1C(=O)N(C)Cc1n[nH]c(C)n1. The molecule has 0 unspecified atom stereocenters. The number of thioether (sulfide) groups is 1. The molecule has 112 valence electrons. The molecule has 0 atom stereocenters. The van der Waals surface area contributed by atoms with E-state index in [1.807, 2.05) is 27.0 Å². The predicted molar refractivity (Wildman–Crippen MR) is 80.2 cm³/mol. The van der Waals surface area contributed by atoms with Crippen LogP contribution in [0.25, 0.3) is 0 Å². The van der Waals surface area contributed by atoms with Crippen LogP contribution in [-0.2, 0) is 6.54 Å². The molecule has 0 bridgehead atoms. The van der Waals surface area contributed by atoms with Crippen LogP contribution in [-0.4, -0.2) is 49.3 Å². The van der Waals surface area contributed by atoms with E-state index in [9.17, 15) is 4.79 Å². The Morgan fingerprint density at radius 1 is 1.24 bits per heavy atom. The number of amides is 1. The van der Waals surface area contributed by atoms with E-state index < -0.39 is 0 Å². The van der Waals surface area contributed by atoms with E-state index in [0.717, 1.165) is 5.82 Å². The van der Waals surface area contributed by atoms with Crippen molar-refractivity contribution in [3.63, 3.8) is 0 Å². The smallest absolute Gasteiger partial charge is 0.258 e. The van der Waals surface area contributed by atoms with Crippen LogP contribution in [0.5, 0.6) is 0 Å². The third kappa shape index (κ3) is 3.38. The summed E-state index contributed by atoms with van der Waals surface area (Å²) in [6.45, 7) is 5.81. The molecule has 0 spiro atoms. The van der Waals surface area contributed by atoms with Crippen LogP contribution in [0.1, 0.15) is 33.5 Å². The number of carbonyl (C=O) groups excluding carboxylic acids is 1. The van der Waals surface area contributed by atoms with Gasteiger partial charge < -0.3 is 4.90 Å². The molecule has 0 radical (unpaired) electrons. The zero-order valence-corrected chi connectivity index (χ0v) is 13.6. The summed E-state index contributed by atoms with van der Waals surface area (Å²) in [6.07, 6.45) is 1.90. The third-order valence-corrected chi connectivity index (χ3v) is 3.63. The molecule has 0 aliphatic carbocycles. The van der Waals surface area contributed by atoms with E-state index in [1.54, 1.807) is 11.9 Å². The number of aromatic nitrogens is 5. The van der Waals surface area contributed by atoms with E-state index in [2.05, 4.69) is 25.1 Å². The van der Waals surface area contributed by atoms with Crippen molar-refractivity contribution in [3.8, 4) is 0 Å². The molecular weight excluding hydrogens is 288 g/mol. The second-order valence-electron chi connectivity index (χ2n) is 4.74. The van der Waals surface area contributed by atoms with Crippen molar-refractivity contribution in [1.29, 1.82) is 0 Å². The second-order valence-corrected chi connectivity index (χ2v) is 5.53. The van der Waals surface area contributed by atoms with Crippen molar-refractivity contribution in [3.05, 3.63) is 28.7 Å². The minimum atomic E-state index is -0.126. The van der Waals surface area contributed by atoms with Crippen LogP contribution in [0, 0.1) is 20.8 Å². The molecule has 8 heteroatoms. The molecule has 7 nitrogen and oxygen atoms in total. The lowest BCUT2D eigenvalue weighted by Crippen LogP contribution is -2.28. The largest absolute Gasteiger partial charge is 0.334 e. The standard InChI is InChI=1S/C13H18N6OS/c1-7-11(12(21-5)16-8(2)14-7)13(20)19(4)6-10-15-9(3)17-18-10/h6H2,1-5H3,(H,15,17,18). The summed E-state index contributed by atoms with van der Waals surface area (Å²) >= 11 is 1.44. The lowest BCUT2D eigenvalue weighted by Gasteiger charge is -2.18. The highest BCUT2D eigenvalue weighted by Gasteiger charge is 2.21. The van der Waals surface area contributed by atoms with Gasteiger partial charge >= 0.3 is 0 Å². The lowest BCUT2D eigenvalue weighted by molar-refractivity contribution is 0.0776. The van der Waals surface area contributed by atoms with E-state index >= 15 is 0 Å². The van der Waals surface area contributed by atoms with E-state index in [-0.39, 0.29) is 5.91 Å². The predicted octanol–water partition coefficient (Wildman–Crippen LogP) is 1.51. The van der Waals surface area contributed by atoms with Crippen LogP contribution < -0.4 is 0 Å². The van der Waals surface area contributed by atoms with Crippen molar-refractivity contribution < 1.29 is 4.79 Å². The molecule has 1 N–H and O–H groups in total. The Labute approximate surface area is 127 Å². The summed E-state index contributed by atoms with van der Waals surface area (Å²) in [5.74, 6) is 1.85. The minimum Gasteiger partial charge on any atom is -0.334 e. The van der Waals surface area contributed by atoms with Gasteiger partial charge in [0.2, 0.25) is 0 Å². The molecule has 1 amide bonds. The van der Waals surface area contributed by atoms with Crippen molar-refractivity contribution in [2.75, 3.05) is 13.3 Å². The van der Waals surface area contributed by atoms with E-state index in [4.69, 9.17) is 0 Å². The highest BCUT2D eigenvalue weighted by molar-refractivity contribution is 7.98. The van der Waals surface area contributed by atoms with Gasteiger partial charge in [0.05, 0.1) is 17.8 Å². The van der Waals surface area contributed by atoms with Gasteiger partial charge in [0.25, 0.3) is 5.91 Å². The normalized spacial score (nSPS) is 10.7. The summed E-state index contributed by atoms with van der Waals surface area (Å²) in [5, 5.41) is 7.51. The van der Waals surface area contributed by atoms with Crippen LogP contribution >= 0.6 is 11.8 Å². The molecule has 2 aromatic heterocycles. The first kappa shape index (κ1) is 15.4.